The van der Waals surface area contributed by atoms with Crippen molar-refractivity contribution >= 4 is 23.7 Å². The SMILES string of the molecule is C[C@@H]1c2cc(C(=O)N3Cc4cc(F)c(F)cc4[C@@H]3C)ccc2C(=O)N1[C@@H](CCC(=O)OC(C)(C)C)C(N)=O. The third-order valence-corrected chi connectivity index (χ3v) is 7.04. The maximum absolute atomic E-state index is 13.8. The lowest BCUT2D eigenvalue weighted by Crippen LogP contribution is -2.46. The van der Waals surface area contributed by atoms with Gasteiger partial charge in [-0.3, -0.25) is 19.2 Å². The van der Waals surface area contributed by atoms with Crippen molar-refractivity contribution in [1.29, 1.82) is 0 Å². The fraction of sp³-hybridized carbons (Fsp3) is 0.429. The molecule has 0 unspecified atom stereocenters. The largest absolute Gasteiger partial charge is 0.460 e. The summed E-state index contributed by atoms with van der Waals surface area (Å²) >= 11 is 0. The molecule has 202 valence electrons. The molecule has 0 spiro atoms. The molecule has 2 aliphatic rings. The van der Waals surface area contributed by atoms with Crippen LogP contribution < -0.4 is 5.73 Å². The van der Waals surface area contributed by atoms with Crippen molar-refractivity contribution in [2.45, 2.75) is 77.7 Å². The Balaban J connectivity index is 1.54. The summed E-state index contributed by atoms with van der Waals surface area (Å²) in [6.45, 7) is 8.78. The molecule has 2 aromatic rings. The van der Waals surface area contributed by atoms with E-state index in [1.165, 1.54) is 21.9 Å². The van der Waals surface area contributed by atoms with Crippen molar-refractivity contribution in [2.75, 3.05) is 0 Å². The van der Waals surface area contributed by atoms with Gasteiger partial charge in [0.2, 0.25) is 5.91 Å². The number of carbonyl (C=O) groups excluding carboxylic acids is 4. The molecule has 2 heterocycles. The van der Waals surface area contributed by atoms with Gasteiger partial charge in [0.05, 0.1) is 12.1 Å². The van der Waals surface area contributed by atoms with Gasteiger partial charge < -0.3 is 20.3 Å². The van der Waals surface area contributed by atoms with E-state index in [1.807, 2.05) is 0 Å². The molecule has 4 rings (SSSR count). The molecular weight excluding hydrogens is 496 g/mol. The molecule has 0 saturated carbocycles. The average Bonchev–Trinajstić information content (AvgIpc) is 3.26. The predicted octanol–water partition coefficient (Wildman–Crippen LogP) is 4.17. The van der Waals surface area contributed by atoms with E-state index in [1.54, 1.807) is 40.7 Å². The van der Waals surface area contributed by atoms with Crippen LogP contribution in [0.2, 0.25) is 0 Å². The van der Waals surface area contributed by atoms with Crippen LogP contribution in [0.5, 0.6) is 0 Å². The van der Waals surface area contributed by atoms with Gasteiger partial charge in [-0.05, 0) is 88.1 Å². The van der Waals surface area contributed by atoms with E-state index < -0.39 is 53.1 Å². The smallest absolute Gasteiger partial charge is 0.306 e. The van der Waals surface area contributed by atoms with Crippen LogP contribution in [0.1, 0.15) is 97.0 Å². The number of ether oxygens (including phenoxy) is 1. The Labute approximate surface area is 219 Å². The highest BCUT2D eigenvalue weighted by atomic mass is 19.2. The summed E-state index contributed by atoms with van der Waals surface area (Å²) in [4.78, 5) is 54.1. The standard InChI is InChI=1S/C28H31F2N3O5/c1-14-19-12-22(30)21(29)11-17(19)13-32(14)26(36)16-6-7-18-20(10-16)15(2)33(27(18)37)23(25(31)35)8-9-24(34)38-28(3,4)5/h6-7,10-12,14-15,23H,8-9,13H2,1-5H3,(H2,31,35)/t14-,15+,23-/m0/s1. The van der Waals surface area contributed by atoms with Crippen molar-refractivity contribution in [3.63, 3.8) is 0 Å². The lowest BCUT2D eigenvalue weighted by molar-refractivity contribution is -0.155. The van der Waals surface area contributed by atoms with Crippen molar-refractivity contribution in [2.24, 2.45) is 5.73 Å². The maximum atomic E-state index is 13.8. The molecule has 3 atom stereocenters. The van der Waals surface area contributed by atoms with E-state index in [0.717, 1.165) is 12.1 Å². The molecule has 10 heteroatoms. The Morgan fingerprint density at radius 1 is 1.05 bits per heavy atom. The molecule has 8 nitrogen and oxygen atoms in total. The van der Waals surface area contributed by atoms with Crippen LogP contribution in [-0.4, -0.2) is 45.1 Å². The lowest BCUT2D eigenvalue weighted by atomic mass is 10.0. The van der Waals surface area contributed by atoms with E-state index in [4.69, 9.17) is 10.5 Å². The van der Waals surface area contributed by atoms with Gasteiger partial charge in [0.15, 0.2) is 11.6 Å². The first kappa shape index (κ1) is 27.2. The summed E-state index contributed by atoms with van der Waals surface area (Å²) in [7, 11) is 0. The summed E-state index contributed by atoms with van der Waals surface area (Å²) in [5.41, 5.74) is 7.20. The second kappa shape index (κ2) is 9.81. The summed E-state index contributed by atoms with van der Waals surface area (Å²) < 4.78 is 32.8. The zero-order valence-corrected chi connectivity index (χ0v) is 22.0. The highest BCUT2D eigenvalue weighted by Crippen LogP contribution is 2.39. The normalized spacial score (nSPS) is 19.3. The fourth-order valence-corrected chi connectivity index (χ4v) is 5.21. The highest BCUT2D eigenvalue weighted by Gasteiger charge is 2.41. The van der Waals surface area contributed by atoms with Crippen molar-refractivity contribution < 1.29 is 32.7 Å². The molecule has 0 aliphatic carbocycles. The van der Waals surface area contributed by atoms with Crippen LogP contribution in [0.15, 0.2) is 30.3 Å². The van der Waals surface area contributed by atoms with Gasteiger partial charge in [-0.15, -0.1) is 0 Å². The number of rotatable bonds is 6. The summed E-state index contributed by atoms with van der Waals surface area (Å²) in [5, 5.41) is 0. The van der Waals surface area contributed by atoms with Gasteiger partial charge >= 0.3 is 5.97 Å². The highest BCUT2D eigenvalue weighted by molar-refractivity contribution is 6.03. The summed E-state index contributed by atoms with van der Waals surface area (Å²) in [5.74, 6) is -3.97. The number of primary amides is 1. The molecule has 0 bridgehead atoms. The quantitative estimate of drug-likeness (QED) is 0.567. The molecule has 38 heavy (non-hydrogen) atoms. The molecule has 0 fully saturated rings. The van der Waals surface area contributed by atoms with Crippen LogP contribution in [-0.2, 0) is 20.9 Å². The number of carbonyl (C=O) groups is 4. The van der Waals surface area contributed by atoms with Crippen molar-refractivity contribution in [1.82, 2.24) is 9.80 Å². The molecule has 0 radical (unpaired) electrons. The van der Waals surface area contributed by atoms with E-state index in [9.17, 15) is 28.0 Å². The molecule has 2 N–H and O–H groups in total. The number of nitrogens with zero attached hydrogens (tertiary/aromatic N) is 2. The van der Waals surface area contributed by atoms with Crippen LogP contribution in [0.3, 0.4) is 0 Å². The van der Waals surface area contributed by atoms with Crippen molar-refractivity contribution in [3.05, 3.63) is 69.8 Å². The number of benzene rings is 2. The average molecular weight is 528 g/mol. The number of esters is 1. The zero-order chi connectivity index (χ0) is 28.1. The zero-order valence-electron chi connectivity index (χ0n) is 22.0. The first-order valence-electron chi connectivity index (χ1n) is 12.5. The number of hydrogen-bond acceptors (Lipinski definition) is 5. The first-order valence-corrected chi connectivity index (χ1v) is 12.5. The monoisotopic (exact) mass is 527 g/mol. The van der Waals surface area contributed by atoms with E-state index in [-0.39, 0.29) is 25.3 Å². The van der Waals surface area contributed by atoms with Gasteiger partial charge in [-0.1, -0.05) is 0 Å². The number of hydrogen-bond donors (Lipinski definition) is 1. The fourth-order valence-electron chi connectivity index (χ4n) is 5.21. The third kappa shape index (κ3) is 4.99. The molecule has 0 saturated heterocycles. The van der Waals surface area contributed by atoms with Gasteiger partial charge in [0, 0.05) is 24.1 Å². The second-order valence-corrected chi connectivity index (χ2v) is 10.8. The van der Waals surface area contributed by atoms with E-state index in [0.29, 0.717) is 27.8 Å². The Hall–Kier alpha value is -3.82. The van der Waals surface area contributed by atoms with Gasteiger partial charge in [-0.2, -0.15) is 0 Å². The van der Waals surface area contributed by atoms with Gasteiger partial charge in [-0.25, -0.2) is 8.78 Å². The third-order valence-electron chi connectivity index (χ3n) is 7.04. The molecule has 2 aliphatic heterocycles. The number of halogens is 2. The van der Waals surface area contributed by atoms with E-state index in [2.05, 4.69) is 0 Å². The molecule has 2 aromatic carbocycles. The number of nitrogens with two attached hydrogens (primary N) is 1. The maximum Gasteiger partial charge on any atom is 0.306 e. The van der Waals surface area contributed by atoms with Gasteiger partial charge in [0.25, 0.3) is 11.8 Å². The van der Waals surface area contributed by atoms with Gasteiger partial charge in [0.1, 0.15) is 11.6 Å². The minimum absolute atomic E-state index is 0.00320. The Kier molecular flexibility index (Phi) is 7.03. The minimum atomic E-state index is -1.05. The summed E-state index contributed by atoms with van der Waals surface area (Å²) in [6, 6.07) is 4.77. The summed E-state index contributed by atoms with van der Waals surface area (Å²) in [6.07, 6.45) is -0.104. The van der Waals surface area contributed by atoms with E-state index >= 15 is 0 Å². The molecular formula is C28H31F2N3O5. The van der Waals surface area contributed by atoms with Crippen LogP contribution in [0.4, 0.5) is 8.78 Å². The van der Waals surface area contributed by atoms with Crippen LogP contribution in [0, 0.1) is 11.6 Å². The second-order valence-electron chi connectivity index (χ2n) is 10.8. The molecule has 0 aromatic heterocycles. The first-order chi connectivity index (χ1) is 17.7. The number of fused-ring (bicyclic) bond motifs is 2. The van der Waals surface area contributed by atoms with Crippen molar-refractivity contribution in [3.8, 4) is 0 Å². The predicted molar refractivity (Wildman–Crippen MR) is 134 cm³/mol. The number of amides is 3. The Bertz CT molecular complexity index is 1340. The minimum Gasteiger partial charge on any atom is -0.460 e. The molecule has 3 amide bonds. The Morgan fingerprint density at radius 3 is 2.34 bits per heavy atom. The van der Waals surface area contributed by atoms with Crippen LogP contribution in [0.25, 0.3) is 0 Å². The topological polar surface area (TPSA) is 110 Å². The Morgan fingerprint density at radius 2 is 1.71 bits per heavy atom. The van der Waals surface area contributed by atoms with Crippen LogP contribution >= 0.6 is 0 Å². The lowest BCUT2D eigenvalue weighted by Gasteiger charge is -2.30.